The lowest BCUT2D eigenvalue weighted by molar-refractivity contribution is -0.274. The molecule has 0 saturated carbocycles. The number of alkyl halides is 3. The second-order valence-corrected chi connectivity index (χ2v) is 3.45. The second-order valence-electron chi connectivity index (χ2n) is 3.07. The first-order chi connectivity index (χ1) is 7.76. The Kier molecular flexibility index (Phi) is 3.77. The van der Waals surface area contributed by atoms with Gasteiger partial charge in [-0.05, 0) is 19.1 Å². The van der Waals surface area contributed by atoms with E-state index in [0.29, 0.717) is 0 Å². The molecule has 0 aliphatic rings. The second kappa shape index (κ2) is 4.75. The Balaban J connectivity index is 3.37. The number of ether oxygens (including phenoxy) is 1. The number of hydrogen-bond donors (Lipinski definition) is 0. The van der Waals surface area contributed by atoms with E-state index in [0.717, 1.165) is 19.1 Å². The minimum atomic E-state index is -4.99. The third-order valence-corrected chi connectivity index (χ3v) is 2.23. The number of aldehydes is 1. The van der Waals surface area contributed by atoms with Crippen molar-refractivity contribution in [2.75, 3.05) is 0 Å². The summed E-state index contributed by atoms with van der Waals surface area (Å²) in [6.45, 7) is 1.14. The van der Waals surface area contributed by atoms with Gasteiger partial charge in [-0.1, -0.05) is 11.6 Å². The van der Waals surface area contributed by atoms with Crippen molar-refractivity contribution < 1.29 is 27.5 Å². The number of hydrogen-bond acceptors (Lipinski definition) is 3. The first kappa shape index (κ1) is 13.5. The molecule has 92 valence electrons. The lowest BCUT2D eigenvalue weighted by Crippen LogP contribution is -2.19. The van der Waals surface area contributed by atoms with Crippen LogP contribution < -0.4 is 4.74 Å². The number of rotatable bonds is 3. The van der Waals surface area contributed by atoms with Gasteiger partial charge < -0.3 is 4.74 Å². The van der Waals surface area contributed by atoms with Gasteiger partial charge in [0.2, 0.25) is 0 Å². The zero-order valence-electron chi connectivity index (χ0n) is 8.47. The number of Topliss-reactive ketones (excluding diaryl/α,β-unsaturated/α-hetero) is 1. The van der Waals surface area contributed by atoms with Crippen molar-refractivity contribution in [3.8, 4) is 5.75 Å². The average Bonchev–Trinajstić information content (AvgIpc) is 2.18. The molecular formula is C10H6ClF3O3. The summed E-state index contributed by atoms with van der Waals surface area (Å²) in [5, 5.41) is -0.528. The van der Waals surface area contributed by atoms with Gasteiger partial charge >= 0.3 is 6.36 Å². The Morgan fingerprint density at radius 3 is 2.41 bits per heavy atom. The molecule has 0 aliphatic heterocycles. The first-order valence-electron chi connectivity index (χ1n) is 4.30. The summed E-state index contributed by atoms with van der Waals surface area (Å²) in [5.41, 5.74) is -0.520. The van der Waals surface area contributed by atoms with Crippen LogP contribution in [0.4, 0.5) is 13.2 Å². The van der Waals surface area contributed by atoms with Crippen LogP contribution in [0.3, 0.4) is 0 Å². The van der Waals surface area contributed by atoms with Crippen molar-refractivity contribution in [1.82, 2.24) is 0 Å². The molecule has 7 heteroatoms. The van der Waals surface area contributed by atoms with Crippen LogP contribution >= 0.6 is 11.6 Å². The van der Waals surface area contributed by atoms with E-state index in [1.807, 2.05) is 0 Å². The highest BCUT2D eigenvalue weighted by atomic mass is 35.5. The molecule has 0 bridgehead atoms. The van der Waals surface area contributed by atoms with Crippen molar-refractivity contribution in [1.29, 1.82) is 0 Å². The summed E-state index contributed by atoms with van der Waals surface area (Å²) >= 11 is 5.59. The van der Waals surface area contributed by atoms with Gasteiger partial charge in [0.1, 0.15) is 0 Å². The number of carbonyl (C=O) groups is 2. The van der Waals surface area contributed by atoms with Crippen LogP contribution in [0.1, 0.15) is 27.6 Å². The topological polar surface area (TPSA) is 43.4 Å². The van der Waals surface area contributed by atoms with E-state index in [9.17, 15) is 22.8 Å². The molecular weight excluding hydrogens is 261 g/mol. The Hall–Kier alpha value is -1.56. The van der Waals surface area contributed by atoms with Crippen molar-refractivity contribution in [3.63, 3.8) is 0 Å². The monoisotopic (exact) mass is 266 g/mol. The summed E-state index contributed by atoms with van der Waals surface area (Å²) in [4.78, 5) is 21.6. The van der Waals surface area contributed by atoms with Gasteiger partial charge in [-0.3, -0.25) is 9.59 Å². The molecule has 0 radical (unpaired) electrons. The minimum Gasteiger partial charge on any atom is -0.403 e. The van der Waals surface area contributed by atoms with Crippen LogP contribution in [0.25, 0.3) is 0 Å². The van der Waals surface area contributed by atoms with Crippen LogP contribution in [0.5, 0.6) is 5.75 Å². The van der Waals surface area contributed by atoms with Crippen molar-refractivity contribution in [3.05, 3.63) is 28.3 Å². The third-order valence-electron chi connectivity index (χ3n) is 1.85. The molecule has 0 saturated heterocycles. The van der Waals surface area contributed by atoms with Gasteiger partial charge in [0.05, 0.1) is 10.6 Å². The molecule has 0 aliphatic carbocycles. The molecule has 3 nitrogen and oxygen atoms in total. The fraction of sp³-hybridized carbons (Fsp3) is 0.200. The maximum atomic E-state index is 12.1. The highest BCUT2D eigenvalue weighted by Crippen LogP contribution is 2.35. The molecule has 1 aromatic carbocycles. The highest BCUT2D eigenvalue weighted by molar-refractivity contribution is 6.35. The highest BCUT2D eigenvalue weighted by Gasteiger charge is 2.34. The fourth-order valence-electron chi connectivity index (χ4n) is 1.16. The minimum absolute atomic E-state index is 0.142. The zero-order valence-corrected chi connectivity index (χ0v) is 9.22. The van der Waals surface area contributed by atoms with E-state index in [4.69, 9.17) is 11.6 Å². The molecule has 1 rings (SSSR count). The Bertz CT molecular complexity index is 469. The summed E-state index contributed by atoms with van der Waals surface area (Å²) in [6, 6.07) is 2.20. The van der Waals surface area contributed by atoms with E-state index < -0.39 is 22.9 Å². The lowest BCUT2D eigenvalue weighted by Gasteiger charge is -2.13. The summed E-state index contributed by atoms with van der Waals surface area (Å²) in [5.74, 6) is -1.39. The van der Waals surface area contributed by atoms with Gasteiger partial charge in [0, 0.05) is 5.56 Å². The number of carbonyl (C=O) groups excluding carboxylic acids is 2. The van der Waals surface area contributed by atoms with Crippen LogP contribution in [0, 0.1) is 0 Å². The van der Waals surface area contributed by atoms with Gasteiger partial charge in [-0.25, -0.2) is 0 Å². The normalized spacial score (nSPS) is 11.1. The van der Waals surface area contributed by atoms with Crippen molar-refractivity contribution in [2.45, 2.75) is 13.3 Å². The third kappa shape index (κ3) is 3.20. The molecule has 17 heavy (non-hydrogen) atoms. The summed E-state index contributed by atoms with van der Waals surface area (Å²) in [7, 11) is 0. The van der Waals surface area contributed by atoms with E-state index in [1.165, 1.54) is 0 Å². The van der Waals surface area contributed by atoms with Gasteiger partial charge in [-0.2, -0.15) is 0 Å². The van der Waals surface area contributed by atoms with Gasteiger partial charge in [0.25, 0.3) is 0 Å². The summed E-state index contributed by atoms with van der Waals surface area (Å²) < 4.78 is 39.9. The maximum absolute atomic E-state index is 12.1. The molecule has 0 heterocycles. The van der Waals surface area contributed by atoms with Crippen molar-refractivity contribution in [2.24, 2.45) is 0 Å². The molecule has 0 amide bonds. The van der Waals surface area contributed by atoms with Crippen LogP contribution in [0.2, 0.25) is 5.02 Å². The van der Waals surface area contributed by atoms with E-state index in [1.54, 1.807) is 0 Å². The zero-order chi connectivity index (χ0) is 13.2. The molecule has 0 aromatic heterocycles. The largest absolute Gasteiger partial charge is 0.573 e. The molecule has 0 unspecified atom stereocenters. The van der Waals surface area contributed by atoms with Crippen LogP contribution in [-0.4, -0.2) is 18.4 Å². The fourth-order valence-corrected chi connectivity index (χ4v) is 1.50. The maximum Gasteiger partial charge on any atom is 0.573 e. The van der Waals surface area contributed by atoms with E-state index in [2.05, 4.69) is 4.74 Å². The summed E-state index contributed by atoms with van der Waals surface area (Å²) in [6.07, 6.45) is -4.83. The SMILES string of the molecule is CC(=O)c1ccc(C=O)c(OC(F)(F)F)c1Cl. The smallest absolute Gasteiger partial charge is 0.403 e. The Morgan fingerprint density at radius 2 is 2.00 bits per heavy atom. The first-order valence-corrected chi connectivity index (χ1v) is 4.68. The number of ketones is 1. The Morgan fingerprint density at radius 1 is 1.41 bits per heavy atom. The predicted octanol–water partition coefficient (Wildman–Crippen LogP) is 3.25. The van der Waals surface area contributed by atoms with Gasteiger partial charge in [-0.15, -0.1) is 13.2 Å². The molecule has 0 fully saturated rings. The molecule has 1 aromatic rings. The predicted molar refractivity (Wildman–Crippen MR) is 53.5 cm³/mol. The van der Waals surface area contributed by atoms with E-state index >= 15 is 0 Å². The quantitative estimate of drug-likeness (QED) is 0.623. The average molecular weight is 267 g/mol. The van der Waals surface area contributed by atoms with Crippen LogP contribution in [-0.2, 0) is 0 Å². The van der Waals surface area contributed by atoms with Gasteiger partial charge in [0.15, 0.2) is 17.8 Å². The Labute approximate surface area is 99.1 Å². The molecule has 0 spiro atoms. The van der Waals surface area contributed by atoms with Crippen LogP contribution in [0.15, 0.2) is 12.1 Å². The van der Waals surface area contributed by atoms with Crippen molar-refractivity contribution >= 4 is 23.7 Å². The molecule has 0 N–H and O–H groups in total. The number of benzene rings is 1. The molecule has 0 atom stereocenters. The standard InChI is InChI=1S/C10H6ClF3O3/c1-5(16)7-3-2-6(4-15)9(8(7)11)17-10(12,13)14/h2-4H,1H3. The lowest BCUT2D eigenvalue weighted by atomic mass is 10.1. The number of halogens is 4. The van der Waals surface area contributed by atoms with E-state index in [-0.39, 0.29) is 17.4 Å².